The summed E-state index contributed by atoms with van der Waals surface area (Å²) in [5, 5.41) is 3.91. The highest BCUT2D eigenvalue weighted by Gasteiger charge is 2.50. The molecule has 2 aliphatic heterocycles. The van der Waals surface area contributed by atoms with Crippen LogP contribution in [0, 0.1) is 6.92 Å². The summed E-state index contributed by atoms with van der Waals surface area (Å²) in [6.07, 6.45) is 0.392. The van der Waals surface area contributed by atoms with Gasteiger partial charge in [0.15, 0.2) is 6.23 Å². The number of para-hydroxylation sites is 2. The lowest BCUT2D eigenvalue weighted by atomic mass is 9.96. The fourth-order valence-corrected chi connectivity index (χ4v) is 4.13. The van der Waals surface area contributed by atoms with Crippen molar-refractivity contribution in [3.8, 4) is 5.75 Å². The van der Waals surface area contributed by atoms with Crippen LogP contribution < -0.4 is 9.75 Å². The van der Waals surface area contributed by atoms with Gasteiger partial charge in [0.2, 0.25) is 0 Å². The number of carbonyl (C=O) groups excluding carboxylic acids is 1. The van der Waals surface area contributed by atoms with E-state index in [9.17, 15) is 4.79 Å². The Morgan fingerprint density at radius 2 is 1.56 bits per heavy atom. The Labute approximate surface area is 158 Å². The van der Waals surface area contributed by atoms with Gasteiger partial charge in [-0.05, 0) is 42.3 Å². The number of ether oxygens (including phenoxy) is 1. The molecule has 5 rings (SSSR count). The molecule has 1 amide bonds. The molecular formula is C23H20N2O2. The molecule has 0 spiro atoms. The molecule has 4 nitrogen and oxygen atoms in total. The Bertz CT molecular complexity index is 1000. The van der Waals surface area contributed by atoms with Gasteiger partial charge in [-0.1, -0.05) is 54.6 Å². The highest BCUT2D eigenvalue weighted by molar-refractivity contribution is 5.99. The van der Waals surface area contributed by atoms with Crippen LogP contribution in [-0.2, 0) is 0 Å². The van der Waals surface area contributed by atoms with Crippen LogP contribution in [0.2, 0.25) is 0 Å². The lowest BCUT2D eigenvalue weighted by Gasteiger charge is -2.40. The summed E-state index contributed by atoms with van der Waals surface area (Å²) < 4.78 is 6.25. The van der Waals surface area contributed by atoms with Crippen molar-refractivity contribution in [2.45, 2.75) is 25.6 Å². The number of amides is 1. The molecule has 1 fully saturated rings. The first-order valence-corrected chi connectivity index (χ1v) is 9.23. The van der Waals surface area contributed by atoms with Gasteiger partial charge in [0.25, 0.3) is 5.91 Å². The molecular weight excluding hydrogens is 336 g/mol. The van der Waals surface area contributed by atoms with E-state index in [2.05, 4.69) is 30.1 Å². The highest BCUT2D eigenvalue weighted by Crippen LogP contribution is 2.46. The lowest BCUT2D eigenvalue weighted by molar-refractivity contribution is 0.0354. The fourth-order valence-electron chi connectivity index (χ4n) is 4.13. The molecule has 27 heavy (non-hydrogen) atoms. The first-order valence-electron chi connectivity index (χ1n) is 9.23. The molecule has 1 saturated heterocycles. The summed E-state index contributed by atoms with van der Waals surface area (Å²) >= 11 is 0. The molecule has 3 aromatic rings. The molecule has 4 heteroatoms. The minimum absolute atomic E-state index is 0.0106. The van der Waals surface area contributed by atoms with Crippen LogP contribution in [0.4, 0.5) is 5.69 Å². The van der Waals surface area contributed by atoms with Crippen LogP contribution in [0.1, 0.15) is 33.9 Å². The molecule has 0 saturated carbocycles. The lowest BCUT2D eigenvalue weighted by Crippen LogP contribution is -2.51. The van der Waals surface area contributed by atoms with E-state index in [0.29, 0.717) is 0 Å². The number of fused-ring (bicyclic) bond motifs is 4. The number of rotatable bonds is 3. The van der Waals surface area contributed by atoms with E-state index >= 15 is 0 Å². The molecule has 3 aromatic carbocycles. The Balaban J connectivity index is 1.62. The van der Waals surface area contributed by atoms with Gasteiger partial charge in [-0.15, -0.1) is 0 Å². The normalized spacial score (nSPS) is 20.6. The zero-order valence-electron chi connectivity index (χ0n) is 15.1. The maximum atomic E-state index is 13.4. The molecule has 0 N–H and O–H groups in total. The molecule has 2 heterocycles. The van der Waals surface area contributed by atoms with Crippen molar-refractivity contribution in [2.75, 3.05) is 5.01 Å². The zero-order chi connectivity index (χ0) is 18.4. The van der Waals surface area contributed by atoms with Crippen molar-refractivity contribution in [1.29, 1.82) is 0 Å². The third-order valence-corrected chi connectivity index (χ3v) is 5.36. The van der Waals surface area contributed by atoms with Crippen molar-refractivity contribution in [1.82, 2.24) is 5.01 Å². The van der Waals surface area contributed by atoms with Crippen molar-refractivity contribution in [3.05, 3.63) is 95.6 Å². The van der Waals surface area contributed by atoms with Crippen LogP contribution in [0.15, 0.2) is 78.9 Å². The van der Waals surface area contributed by atoms with E-state index in [1.807, 2.05) is 60.7 Å². The predicted octanol–water partition coefficient (Wildman–Crippen LogP) is 4.72. The van der Waals surface area contributed by atoms with Crippen LogP contribution in [0.25, 0.3) is 0 Å². The highest BCUT2D eigenvalue weighted by atomic mass is 16.5. The number of anilines is 1. The van der Waals surface area contributed by atoms with Gasteiger partial charge in [-0.25, -0.2) is 5.01 Å². The summed E-state index contributed by atoms with van der Waals surface area (Å²) in [5.74, 6) is 0.764. The molecule has 2 bridgehead atoms. The molecule has 0 unspecified atom stereocenters. The molecule has 2 atom stereocenters. The molecule has 0 radical (unpaired) electrons. The SMILES string of the molecule is Cc1ccccc1N1[C@H]2C[C@H](Oc3ccccc3)N1C(=O)c1ccccc12. The maximum absolute atomic E-state index is 13.4. The average molecular weight is 356 g/mol. The smallest absolute Gasteiger partial charge is 0.276 e. The maximum Gasteiger partial charge on any atom is 0.276 e. The standard InChI is InChI=1S/C23H20N2O2/c1-16-9-5-8-14-20(16)24-21-15-22(27-17-10-3-2-4-11-17)25(24)23(26)19-13-7-6-12-18(19)21/h2-14,21-22H,15H2,1H3/t21-,22-/m0/s1. The van der Waals surface area contributed by atoms with Crippen LogP contribution >= 0.6 is 0 Å². The number of hydrogen-bond donors (Lipinski definition) is 0. The fraction of sp³-hybridized carbons (Fsp3) is 0.174. The van der Waals surface area contributed by atoms with Gasteiger partial charge < -0.3 is 4.74 Å². The Hall–Kier alpha value is -3.27. The quantitative estimate of drug-likeness (QED) is 0.681. The van der Waals surface area contributed by atoms with Crippen molar-refractivity contribution >= 4 is 11.6 Å². The second-order valence-electron chi connectivity index (χ2n) is 7.01. The van der Waals surface area contributed by atoms with Crippen molar-refractivity contribution in [3.63, 3.8) is 0 Å². The van der Waals surface area contributed by atoms with Gasteiger partial charge in [0.1, 0.15) is 5.75 Å². The first kappa shape index (κ1) is 15.9. The summed E-state index contributed by atoms with van der Waals surface area (Å²) in [4.78, 5) is 13.4. The van der Waals surface area contributed by atoms with E-state index < -0.39 is 0 Å². The molecule has 134 valence electrons. The Morgan fingerprint density at radius 3 is 2.37 bits per heavy atom. The largest absolute Gasteiger partial charge is 0.469 e. The van der Waals surface area contributed by atoms with Crippen molar-refractivity contribution in [2.24, 2.45) is 0 Å². The van der Waals surface area contributed by atoms with E-state index in [-0.39, 0.29) is 18.2 Å². The van der Waals surface area contributed by atoms with Gasteiger partial charge in [0, 0.05) is 12.0 Å². The minimum Gasteiger partial charge on any atom is -0.469 e. The predicted molar refractivity (Wildman–Crippen MR) is 104 cm³/mol. The summed E-state index contributed by atoms with van der Waals surface area (Å²) in [5.41, 5.74) is 4.03. The van der Waals surface area contributed by atoms with Crippen LogP contribution in [0.3, 0.4) is 0 Å². The van der Waals surface area contributed by atoms with E-state index in [4.69, 9.17) is 4.74 Å². The number of hydrazine groups is 1. The number of benzene rings is 3. The summed E-state index contributed by atoms with van der Waals surface area (Å²) in [7, 11) is 0. The van der Waals surface area contributed by atoms with Crippen LogP contribution in [-0.4, -0.2) is 17.1 Å². The second kappa shape index (κ2) is 6.16. The Kier molecular flexibility index (Phi) is 3.64. The molecule has 0 aromatic heterocycles. The topological polar surface area (TPSA) is 32.8 Å². The number of nitrogens with zero attached hydrogens (tertiary/aromatic N) is 2. The second-order valence-corrected chi connectivity index (χ2v) is 7.01. The van der Waals surface area contributed by atoms with E-state index in [1.165, 1.54) is 0 Å². The molecule has 0 aliphatic carbocycles. The third-order valence-electron chi connectivity index (χ3n) is 5.36. The summed E-state index contributed by atoms with van der Waals surface area (Å²) in [6, 6.07) is 25.9. The molecule has 2 aliphatic rings. The van der Waals surface area contributed by atoms with Gasteiger partial charge >= 0.3 is 0 Å². The number of hydrogen-bond acceptors (Lipinski definition) is 3. The van der Waals surface area contributed by atoms with Gasteiger partial charge in [-0.2, -0.15) is 0 Å². The number of aryl methyl sites for hydroxylation is 1. The zero-order valence-corrected chi connectivity index (χ0v) is 15.1. The average Bonchev–Trinajstić information content (AvgIpc) is 3.01. The first-order chi connectivity index (χ1) is 13.2. The van der Waals surface area contributed by atoms with E-state index in [0.717, 1.165) is 34.5 Å². The van der Waals surface area contributed by atoms with Crippen LogP contribution in [0.5, 0.6) is 5.75 Å². The van der Waals surface area contributed by atoms with Gasteiger partial charge in [-0.3, -0.25) is 9.80 Å². The number of carbonyl (C=O) groups is 1. The summed E-state index contributed by atoms with van der Waals surface area (Å²) in [6.45, 7) is 2.08. The Morgan fingerprint density at radius 1 is 0.852 bits per heavy atom. The minimum atomic E-state index is -0.336. The monoisotopic (exact) mass is 356 g/mol. The van der Waals surface area contributed by atoms with Crippen molar-refractivity contribution < 1.29 is 9.53 Å². The van der Waals surface area contributed by atoms with E-state index in [1.54, 1.807) is 5.01 Å². The van der Waals surface area contributed by atoms with Gasteiger partial charge in [0.05, 0.1) is 11.7 Å². The third kappa shape index (κ3) is 2.48.